The molecule has 1 aliphatic heterocycles. The van der Waals surface area contributed by atoms with E-state index in [1.807, 2.05) is 30.3 Å². The van der Waals surface area contributed by atoms with Crippen molar-refractivity contribution in [2.24, 2.45) is 5.73 Å². The molecule has 0 saturated carbocycles. The van der Waals surface area contributed by atoms with Crippen LogP contribution >= 0.6 is 11.8 Å². The molecule has 18 heavy (non-hydrogen) atoms. The molecule has 1 aliphatic rings. The van der Waals surface area contributed by atoms with Crippen molar-refractivity contribution in [2.45, 2.75) is 11.4 Å². The van der Waals surface area contributed by atoms with Gasteiger partial charge in [-0.2, -0.15) is 0 Å². The molecule has 0 aliphatic carbocycles. The highest BCUT2D eigenvalue weighted by Gasteiger charge is 2.41. The number of carboxylic acids is 1. The van der Waals surface area contributed by atoms with Crippen LogP contribution in [-0.2, 0) is 9.59 Å². The number of benzene rings is 1. The molecule has 1 amide bonds. The quantitative estimate of drug-likeness (QED) is 0.840. The van der Waals surface area contributed by atoms with E-state index in [-0.39, 0.29) is 17.8 Å². The number of thioether (sulfide) groups is 1. The van der Waals surface area contributed by atoms with Crippen LogP contribution in [0.4, 0.5) is 0 Å². The lowest BCUT2D eigenvalue weighted by atomic mass is 10.1. The maximum atomic E-state index is 11.8. The van der Waals surface area contributed by atoms with Crippen molar-refractivity contribution in [3.63, 3.8) is 0 Å². The normalized spacial score (nSPS) is 23.1. The van der Waals surface area contributed by atoms with Crippen LogP contribution in [0, 0.1) is 0 Å². The number of amides is 1. The molecule has 1 aromatic carbocycles. The van der Waals surface area contributed by atoms with E-state index >= 15 is 0 Å². The zero-order valence-electron chi connectivity index (χ0n) is 9.65. The van der Waals surface area contributed by atoms with Gasteiger partial charge in [-0.25, -0.2) is 4.79 Å². The molecule has 96 valence electrons. The first kappa shape index (κ1) is 12.9. The average Bonchev–Trinajstić information content (AvgIpc) is 2.83. The second-order valence-corrected chi connectivity index (χ2v) is 5.07. The van der Waals surface area contributed by atoms with Gasteiger partial charge in [-0.05, 0) is 5.56 Å². The van der Waals surface area contributed by atoms with Gasteiger partial charge in [0.15, 0.2) is 0 Å². The Labute approximate surface area is 109 Å². The summed E-state index contributed by atoms with van der Waals surface area (Å²) in [7, 11) is 0. The summed E-state index contributed by atoms with van der Waals surface area (Å²) in [5, 5.41) is 8.88. The third-order valence-electron chi connectivity index (χ3n) is 2.83. The van der Waals surface area contributed by atoms with Crippen molar-refractivity contribution in [2.75, 3.05) is 12.3 Å². The molecule has 0 aromatic heterocycles. The lowest BCUT2D eigenvalue weighted by molar-refractivity contribution is -0.148. The minimum Gasteiger partial charge on any atom is -0.480 e. The van der Waals surface area contributed by atoms with E-state index in [1.165, 1.54) is 16.7 Å². The number of carbonyl (C=O) groups excluding carboxylic acids is 1. The largest absolute Gasteiger partial charge is 0.480 e. The first-order valence-electron chi connectivity index (χ1n) is 5.55. The smallest absolute Gasteiger partial charge is 0.327 e. The van der Waals surface area contributed by atoms with Crippen molar-refractivity contribution in [1.82, 2.24) is 4.90 Å². The molecular formula is C12H14N2O3S. The van der Waals surface area contributed by atoms with Crippen LogP contribution in [0.3, 0.4) is 0 Å². The molecule has 1 saturated heterocycles. The Kier molecular flexibility index (Phi) is 3.88. The molecule has 5 nitrogen and oxygen atoms in total. The fourth-order valence-electron chi connectivity index (χ4n) is 1.98. The van der Waals surface area contributed by atoms with Crippen LogP contribution in [0.1, 0.15) is 10.9 Å². The number of rotatable bonds is 3. The zero-order valence-corrected chi connectivity index (χ0v) is 10.5. The van der Waals surface area contributed by atoms with Gasteiger partial charge >= 0.3 is 5.97 Å². The summed E-state index contributed by atoms with van der Waals surface area (Å²) in [4.78, 5) is 24.4. The van der Waals surface area contributed by atoms with Crippen LogP contribution in [0.15, 0.2) is 30.3 Å². The summed E-state index contributed by atoms with van der Waals surface area (Å²) in [6.07, 6.45) is 0. The van der Waals surface area contributed by atoms with Crippen molar-refractivity contribution >= 4 is 23.6 Å². The molecule has 2 rings (SSSR count). The lowest BCUT2D eigenvalue weighted by Gasteiger charge is -2.27. The van der Waals surface area contributed by atoms with Crippen LogP contribution in [0.2, 0.25) is 0 Å². The third kappa shape index (κ3) is 2.34. The van der Waals surface area contributed by atoms with Crippen LogP contribution in [-0.4, -0.2) is 40.2 Å². The van der Waals surface area contributed by atoms with Gasteiger partial charge in [0.25, 0.3) is 0 Å². The number of aliphatic carboxylic acids is 1. The predicted octanol–water partition coefficient (Wildman–Crippen LogP) is 0.673. The summed E-state index contributed by atoms with van der Waals surface area (Å²) in [6.45, 7) is -0.173. The summed E-state index contributed by atoms with van der Waals surface area (Å²) in [5.41, 5.74) is 6.29. The lowest BCUT2D eigenvalue weighted by Crippen LogP contribution is -2.45. The van der Waals surface area contributed by atoms with Crippen molar-refractivity contribution in [3.8, 4) is 0 Å². The van der Waals surface area contributed by atoms with Crippen LogP contribution in [0.25, 0.3) is 0 Å². The van der Waals surface area contributed by atoms with Gasteiger partial charge in [-0.1, -0.05) is 30.3 Å². The maximum absolute atomic E-state index is 11.8. The van der Waals surface area contributed by atoms with Gasteiger partial charge in [-0.3, -0.25) is 4.79 Å². The Morgan fingerprint density at radius 1 is 1.39 bits per heavy atom. The number of hydrogen-bond donors (Lipinski definition) is 2. The highest BCUT2D eigenvalue weighted by atomic mass is 32.2. The van der Waals surface area contributed by atoms with E-state index in [4.69, 9.17) is 10.8 Å². The van der Waals surface area contributed by atoms with Gasteiger partial charge in [0.2, 0.25) is 5.91 Å². The first-order chi connectivity index (χ1) is 8.65. The SMILES string of the molecule is NCC(=O)N1[C@@H](C(=O)O)CS[C@H]1c1ccccc1. The number of nitrogens with zero attached hydrogens (tertiary/aromatic N) is 1. The minimum atomic E-state index is -0.984. The standard InChI is InChI=1S/C12H14N2O3S/c13-6-10(15)14-9(12(16)17)7-18-11(14)8-4-2-1-3-5-8/h1-5,9,11H,6-7,13H2,(H,16,17)/t9-,11+/m1/s1. The van der Waals surface area contributed by atoms with E-state index in [0.29, 0.717) is 5.75 Å². The van der Waals surface area contributed by atoms with E-state index in [0.717, 1.165) is 5.56 Å². The number of nitrogens with two attached hydrogens (primary N) is 1. The fourth-order valence-corrected chi connectivity index (χ4v) is 3.42. The Bertz CT molecular complexity index is 452. The Morgan fingerprint density at radius 3 is 2.61 bits per heavy atom. The van der Waals surface area contributed by atoms with Crippen LogP contribution in [0.5, 0.6) is 0 Å². The molecule has 1 fully saturated rings. The molecular weight excluding hydrogens is 252 g/mol. The summed E-state index contributed by atoms with van der Waals surface area (Å²) >= 11 is 1.45. The van der Waals surface area contributed by atoms with E-state index < -0.39 is 12.0 Å². The maximum Gasteiger partial charge on any atom is 0.327 e. The van der Waals surface area contributed by atoms with Gasteiger partial charge in [0, 0.05) is 5.75 Å². The predicted molar refractivity (Wildman–Crippen MR) is 69.0 cm³/mol. The number of carbonyl (C=O) groups is 2. The fraction of sp³-hybridized carbons (Fsp3) is 0.333. The molecule has 3 N–H and O–H groups in total. The second-order valence-electron chi connectivity index (χ2n) is 3.96. The van der Waals surface area contributed by atoms with E-state index in [9.17, 15) is 9.59 Å². The number of carboxylic acid groups (broad SMARTS) is 1. The third-order valence-corrected chi connectivity index (χ3v) is 4.16. The molecule has 1 aromatic rings. The van der Waals surface area contributed by atoms with Crippen molar-refractivity contribution in [1.29, 1.82) is 0 Å². The summed E-state index contributed by atoms with van der Waals surface area (Å²) < 4.78 is 0. The van der Waals surface area contributed by atoms with E-state index in [1.54, 1.807) is 0 Å². The molecule has 0 radical (unpaired) electrons. The topological polar surface area (TPSA) is 83.6 Å². The summed E-state index contributed by atoms with van der Waals surface area (Å²) in [5.74, 6) is -0.926. The Morgan fingerprint density at radius 2 is 2.06 bits per heavy atom. The second kappa shape index (κ2) is 5.41. The molecule has 0 bridgehead atoms. The first-order valence-corrected chi connectivity index (χ1v) is 6.60. The molecule has 2 atom stereocenters. The molecule has 0 unspecified atom stereocenters. The zero-order chi connectivity index (χ0) is 13.1. The Hall–Kier alpha value is -1.53. The highest BCUT2D eigenvalue weighted by Crippen LogP contribution is 2.41. The minimum absolute atomic E-state index is 0.173. The van der Waals surface area contributed by atoms with Crippen LogP contribution < -0.4 is 5.73 Å². The monoisotopic (exact) mass is 266 g/mol. The average molecular weight is 266 g/mol. The number of hydrogen-bond acceptors (Lipinski definition) is 4. The van der Waals surface area contributed by atoms with Gasteiger partial charge in [0.05, 0.1) is 6.54 Å². The van der Waals surface area contributed by atoms with Gasteiger partial charge in [-0.15, -0.1) is 11.8 Å². The highest BCUT2D eigenvalue weighted by molar-refractivity contribution is 7.99. The van der Waals surface area contributed by atoms with Gasteiger partial charge in [0.1, 0.15) is 11.4 Å². The Balaban J connectivity index is 2.31. The molecule has 1 heterocycles. The van der Waals surface area contributed by atoms with E-state index in [2.05, 4.69) is 0 Å². The van der Waals surface area contributed by atoms with Crippen molar-refractivity contribution in [3.05, 3.63) is 35.9 Å². The molecule has 0 spiro atoms. The summed E-state index contributed by atoms with van der Waals surface area (Å²) in [6, 6.07) is 8.60. The van der Waals surface area contributed by atoms with Crippen molar-refractivity contribution < 1.29 is 14.7 Å². The van der Waals surface area contributed by atoms with Gasteiger partial charge < -0.3 is 15.7 Å². The molecule has 6 heteroatoms.